The number of hydrogen-bond donors (Lipinski definition) is 1. The van der Waals surface area contributed by atoms with Crippen molar-refractivity contribution in [1.29, 1.82) is 0 Å². The molecule has 3 aromatic rings. The van der Waals surface area contributed by atoms with E-state index in [1.807, 2.05) is 0 Å². The second-order valence-electron chi connectivity index (χ2n) is 9.19. The van der Waals surface area contributed by atoms with Gasteiger partial charge in [0.05, 0.1) is 53.4 Å². The Morgan fingerprint density at radius 2 is 1.89 bits per heavy atom. The monoisotopic (exact) mass is 539 g/mol. The van der Waals surface area contributed by atoms with Gasteiger partial charge >= 0.3 is 6.36 Å². The van der Waals surface area contributed by atoms with Crippen molar-refractivity contribution in [1.82, 2.24) is 29.5 Å². The van der Waals surface area contributed by atoms with Crippen LogP contribution in [0.3, 0.4) is 0 Å². The molecule has 2 fully saturated rings. The van der Waals surface area contributed by atoms with Crippen LogP contribution in [-0.4, -0.2) is 80.0 Å². The summed E-state index contributed by atoms with van der Waals surface area (Å²) < 4.78 is 71.6. The van der Waals surface area contributed by atoms with Gasteiger partial charge in [0.25, 0.3) is 5.91 Å². The van der Waals surface area contributed by atoms with Crippen LogP contribution in [0, 0.1) is 11.6 Å². The number of halogens is 5. The topological polar surface area (TPSA) is 119 Å². The third-order valence-corrected chi connectivity index (χ3v) is 6.73. The Bertz CT molecular complexity index is 1390. The highest BCUT2D eigenvalue weighted by Crippen LogP contribution is 2.34. The Morgan fingerprint density at radius 3 is 2.63 bits per heavy atom. The molecule has 0 unspecified atom stereocenters. The molecule has 2 saturated heterocycles. The maximum atomic E-state index is 14.8. The van der Waals surface area contributed by atoms with Crippen LogP contribution in [0.25, 0.3) is 10.9 Å². The molecule has 5 rings (SSSR count). The minimum absolute atomic E-state index is 0.0130. The minimum atomic E-state index is -4.80. The van der Waals surface area contributed by atoms with Gasteiger partial charge in [-0.3, -0.25) is 24.0 Å². The molecule has 1 atom stereocenters. The van der Waals surface area contributed by atoms with Gasteiger partial charge < -0.3 is 15.5 Å². The summed E-state index contributed by atoms with van der Waals surface area (Å²) in [5.74, 6) is -3.01. The van der Waals surface area contributed by atoms with Crippen molar-refractivity contribution in [2.45, 2.75) is 37.7 Å². The molecule has 5 heterocycles. The van der Waals surface area contributed by atoms with Crippen LogP contribution in [0.5, 0.6) is 0 Å². The SMILES string of the molecule is Nc1cc(C(=O)N2CC(c3nn(CC(=O)N4CCC[C@H]4COC(F)(F)F)c4cncc(F)c34)C2)c(F)cn1. The Hall–Kier alpha value is -3.88. The zero-order valence-electron chi connectivity index (χ0n) is 19.8. The molecule has 0 radical (unpaired) electrons. The number of nitrogens with zero attached hydrogens (tertiary/aromatic N) is 6. The van der Waals surface area contributed by atoms with Gasteiger partial charge in [-0.25, -0.2) is 13.8 Å². The van der Waals surface area contributed by atoms with Gasteiger partial charge in [-0.2, -0.15) is 5.10 Å². The molecule has 38 heavy (non-hydrogen) atoms. The van der Waals surface area contributed by atoms with Gasteiger partial charge in [0.15, 0.2) is 11.6 Å². The first-order valence-electron chi connectivity index (χ1n) is 11.7. The molecule has 2 aliphatic rings. The van der Waals surface area contributed by atoms with Crippen molar-refractivity contribution in [2.24, 2.45) is 0 Å². The highest BCUT2D eigenvalue weighted by Gasteiger charge is 2.38. The first-order valence-corrected chi connectivity index (χ1v) is 11.7. The van der Waals surface area contributed by atoms with Crippen LogP contribution in [0.1, 0.15) is 34.8 Å². The fourth-order valence-electron chi connectivity index (χ4n) is 4.87. The molecule has 2 N–H and O–H groups in total. The van der Waals surface area contributed by atoms with E-state index in [0.717, 1.165) is 18.5 Å². The Kier molecular flexibility index (Phi) is 6.63. The van der Waals surface area contributed by atoms with Crippen molar-refractivity contribution in [2.75, 3.05) is 32.0 Å². The molecule has 0 saturated carbocycles. The largest absolute Gasteiger partial charge is 0.522 e. The van der Waals surface area contributed by atoms with E-state index in [9.17, 15) is 31.5 Å². The number of hydrogen-bond acceptors (Lipinski definition) is 7. The normalized spacial score (nSPS) is 18.3. The molecule has 0 bridgehead atoms. The fourth-order valence-corrected chi connectivity index (χ4v) is 4.87. The van der Waals surface area contributed by atoms with Crippen LogP contribution in [0.4, 0.5) is 27.8 Å². The number of carbonyl (C=O) groups excluding carboxylic acids is 2. The standard InChI is InChI=1S/C23H22F5N7O3/c24-15-6-31-18(29)4-14(15)22(37)33-8-12(9-33)21-20-16(25)5-30-7-17(20)35(32-21)10-19(36)34-3-1-2-13(34)11-38-23(26,27)28/h4-7,12-13H,1-3,8-11H2,(H2,29,31)/t13-/m0/s1. The molecule has 2 amide bonds. The number of nitrogens with two attached hydrogens (primary N) is 1. The summed E-state index contributed by atoms with van der Waals surface area (Å²) in [4.78, 5) is 35.8. The molecule has 0 aliphatic carbocycles. The van der Waals surface area contributed by atoms with Gasteiger partial charge in [-0.05, 0) is 18.9 Å². The first kappa shape index (κ1) is 25.8. The molecule has 0 aromatic carbocycles. The Morgan fingerprint density at radius 1 is 1.13 bits per heavy atom. The number of amides is 2. The Balaban J connectivity index is 1.33. The lowest BCUT2D eigenvalue weighted by atomic mass is 9.93. The molecule has 202 valence electrons. The second kappa shape index (κ2) is 9.78. The summed E-state index contributed by atoms with van der Waals surface area (Å²) in [6.45, 7) is -0.525. The number of pyridine rings is 2. The summed E-state index contributed by atoms with van der Waals surface area (Å²) in [6, 6.07) is 0.395. The number of ether oxygens (including phenoxy) is 1. The van der Waals surface area contributed by atoms with Gasteiger partial charge in [0, 0.05) is 25.6 Å². The third-order valence-electron chi connectivity index (χ3n) is 6.73. The molecule has 2 aliphatic heterocycles. The van der Waals surface area contributed by atoms with E-state index in [4.69, 9.17) is 5.73 Å². The van der Waals surface area contributed by atoms with E-state index in [-0.39, 0.29) is 48.5 Å². The lowest BCUT2D eigenvalue weighted by Gasteiger charge is -2.38. The van der Waals surface area contributed by atoms with Crippen LogP contribution < -0.4 is 5.73 Å². The molecular formula is C23H22F5N7O3. The maximum absolute atomic E-state index is 14.8. The van der Waals surface area contributed by atoms with Crippen molar-refractivity contribution in [3.8, 4) is 0 Å². The lowest BCUT2D eigenvalue weighted by molar-refractivity contribution is -0.327. The predicted molar refractivity (Wildman–Crippen MR) is 121 cm³/mol. The van der Waals surface area contributed by atoms with Gasteiger partial charge in [0.1, 0.15) is 12.4 Å². The van der Waals surface area contributed by atoms with E-state index in [1.54, 1.807) is 0 Å². The van der Waals surface area contributed by atoms with Crippen LogP contribution in [0.2, 0.25) is 0 Å². The number of rotatable bonds is 6. The van der Waals surface area contributed by atoms with Gasteiger partial charge in [0.2, 0.25) is 5.91 Å². The third kappa shape index (κ3) is 4.97. The van der Waals surface area contributed by atoms with E-state index < -0.39 is 48.4 Å². The maximum Gasteiger partial charge on any atom is 0.522 e. The highest BCUT2D eigenvalue weighted by atomic mass is 19.4. The van der Waals surface area contributed by atoms with Crippen LogP contribution in [0.15, 0.2) is 24.7 Å². The average molecular weight is 539 g/mol. The quantitative estimate of drug-likeness (QED) is 0.478. The number of aromatic nitrogens is 4. The molecule has 15 heteroatoms. The van der Waals surface area contributed by atoms with E-state index >= 15 is 0 Å². The fraction of sp³-hybridized carbons (Fsp3) is 0.435. The number of anilines is 1. The highest BCUT2D eigenvalue weighted by molar-refractivity contribution is 5.96. The molecule has 0 spiro atoms. The predicted octanol–water partition coefficient (Wildman–Crippen LogP) is 2.45. The van der Waals surface area contributed by atoms with E-state index in [2.05, 4.69) is 19.8 Å². The van der Waals surface area contributed by atoms with Crippen molar-refractivity contribution >= 4 is 28.5 Å². The summed E-state index contributed by atoms with van der Waals surface area (Å²) >= 11 is 0. The van der Waals surface area contributed by atoms with Crippen molar-refractivity contribution < 1.29 is 36.3 Å². The Labute approximate surface area is 212 Å². The lowest BCUT2D eigenvalue weighted by Crippen LogP contribution is -2.49. The number of carbonyl (C=O) groups is 2. The average Bonchev–Trinajstić information content (AvgIpc) is 3.44. The first-order chi connectivity index (χ1) is 18.0. The molecular weight excluding hydrogens is 517 g/mol. The smallest absolute Gasteiger partial charge is 0.384 e. The van der Waals surface area contributed by atoms with E-state index in [0.29, 0.717) is 18.5 Å². The van der Waals surface area contributed by atoms with Gasteiger partial charge in [-0.1, -0.05) is 0 Å². The summed E-state index contributed by atoms with van der Waals surface area (Å²) in [6.07, 6.45) is -0.724. The second-order valence-corrected chi connectivity index (χ2v) is 9.19. The number of fused-ring (bicyclic) bond motifs is 1. The summed E-state index contributed by atoms with van der Waals surface area (Å²) in [5.41, 5.74) is 5.85. The number of alkyl halides is 3. The van der Waals surface area contributed by atoms with Crippen molar-refractivity contribution in [3.05, 3.63) is 47.5 Å². The zero-order chi connectivity index (χ0) is 27.2. The van der Waals surface area contributed by atoms with Crippen LogP contribution in [-0.2, 0) is 16.1 Å². The molecule has 10 nitrogen and oxygen atoms in total. The molecule has 3 aromatic heterocycles. The minimum Gasteiger partial charge on any atom is -0.384 e. The van der Waals surface area contributed by atoms with Crippen LogP contribution >= 0.6 is 0 Å². The summed E-state index contributed by atoms with van der Waals surface area (Å²) in [7, 11) is 0. The number of nitrogen functional groups attached to an aromatic ring is 1. The summed E-state index contributed by atoms with van der Waals surface area (Å²) in [5, 5.41) is 4.56. The van der Waals surface area contributed by atoms with E-state index in [1.165, 1.54) is 20.7 Å². The van der Waals surface area contributed by atoms with Crippen molar-refractivity contribution in [3.63, 3.8) is 0 Å². The number of likely N-dealkylation sites (tertiary alicyclic amines) is 2. The van der Waals surface area contributed by atoms with Gasteiger partial charge in [-0.15, -0.1) is 13.2 Å². The zero-order valence-corrected chi connectivity index (χ0v) is 19.8.